The molecule has 0 saturated heterocycles. The fraction of sp³-hybridized carbons (Fsp3) is 0.286. The van der Waals surface area contributed by atoms with Crippen molar-refractivity contribution in [2.24, 2.45) is 12.5 Å². The van der Waals surface area contributed by atoms with Crippen molar-refractivity contribution in [2.45, 2.75) is 40.5 Å². The summed E-state index contributed by atoms with van der Waals surface area (Å²) in [7, 11) is 2.21. The Hall–Kier alpha value is -2.80. The van der Waals surface area contributed by atoms with Gasteiger partial charge >= 0.3 is 0 Å². The van der Waals surface area contributed by atoms with Crippen molar-refractivity contribution in [3.8, 4) is 11.3 Å². The molecule has 0 amide bonds. The quantitative estimate of drug-likeness (QED) is 0.411. The Bertz CT molecular complexity index is 1250. The van der Waals surface area contributed by atoms with E-state index in [9.17, 15) is 0 Å². The summed E-state index contributed by atoms with van der Waals surface area (Å²) in [6, 6.07) is 17.9. The second-order valence-corrected chi connectivity index (χ2v) is 9.72. The number of rotatable bonds is 1. The molecular formula is C28H29N. The second kappa shape index (κ2) is 6.10. The van der Waals surface area contributed by atoms with Crippen LogP contribution in [-0.4, -0.2) is 4.57 Å². The number of para-hydroxylation sites is 1. The Morgan fingerprint density at radius 1 is 0.897 bits per heavy atom. The van der Waals surface area contributed by atoms with Crippen molar-refractivity contribution in [2.75, 3.05) is 0 Å². The fourth-order valence-electron chi connectivity index (χ4n) is 5.19. The van der Waals surface area contributed by atoms with Gasteiger partial charge in [-0.05, 0) is 53.2 Å². The third kappa shape index (κ3) is 2.53. The van der Waals surface area contributed by atoms with Crippen LogP contribution < -0.4 is 0 Å². The van der Waals surface area contributed by atoms with Crippen LogP contribution in [0.4, 0.5) is 0 Å². The fourth-order valence-corrected chi connectivity index (χ4v) is 5.19. The standard InChI is InChI=1S/C28H29N/c1-17(2)18-15-22(23(16-18)28(3,4)5)25-19-11-7-8-12-20(19)27-26(25)21-13-9-10-14-24(21)29(27)6/h7-16,25H,1-6H3. The van der Waals surface area contributed by atoms with E-state index in [-0.39, 0.29) is 11.3 Å². The van der Waals surface area contributed by atoms with Crippen molar-refractivity contribution in [1.29, 1.82) is 0 Å². The Balaban J connectivity index is 1.86. The summed E-state index contributed by atoms with van der Waals surface area (Å²) in [5.74, 6) is 0.287. The first kappa shape index (κ1) is 18.2. The third-order valence-corrected chi connectivity index (χ3v) is 6.58. The minimum Gasteiger partial charge on any atom is -0.343 e. The summed E-state index contributed by atoms with van der Waals surface area (Å²) in [6.45, 7) is 11.5. The predicted molar refractivity (Wildman–Crippen MR) is 124 cm³/mol. The molecule has 3 aromatic rings. The molecule has 0 bridgehead atoms. The van der Waals surface area contributed by atoms with Crippen molar-refractivity contribution in [1.82, 2.24) is 4.57 Å². The van der Waals surface area contributed by atoms with E-state index in [4.69, 9.17) is 0 Å². The van der Waals surface area contributed by atoms with E-state index in [0.717, 1.165) is 0 Å². The molecule has 0 radical (unpaired) electrons. The van der Waals surface area contributed by atoms with E-state index in [2.05, 4.69) is 107 Å². The van der Waals surface area contributed by atoms with Crippen molar-refractivity contribution >= 4 is 10.9 Å². The molecule has 2 aromatic carbocycles. The van der Waals surface area contributed by atoms with Crippen LogP contribution in [0, 0.1) is 5.41 Å². The maximum absolute atomic E-state index is 2.45. The van der Waals surface area contributed by atoms with E-state index in [1.807, 2.05) is 0 Å². The Morgan fingerprint density at radius 3 is 2.31 bits per heavy atom. The van der Waals surface area contributed by atoms with Gasteiger partial charge in [0.25, 0.3) is 0 Å². The molecule has 1 nitrogen and oxygen atoms in total. The Kier molecular flexibility index (Phi) is 3.84. The van der Waals surface area contributed by atoms with Crippen molar-refractivity contribution < 1.29 is 0 Å². The summed E-state index contributed by atoms with van der Waals surface area (Å²) < 4.78 is 2.39. The molecule has 1 unspecified atom stereocenters. The van der Waals surface area contributed by atoms with Crippen LogP contribution in [0.15, 0.2) is 83.0 Å². The van der Waals surface area contributed by atoms with Gasteiger partial charge in [-0.1, -0.05) is 81.0 Å². The molecule has 0 aliphatic heterocycles. The lowest BCUT2D eigenvalue weighted by molar-refractivity contribution is 0.507. The first-order valence-corrected chi connectivity index (χ1v) is 10.6. The lowest BCUT2D eigenvalue weighted by Gasteiger charge is -2.27. The van der Waals surface area contributed by atoms with Crippen molar-refractivity contribution in [3.63, 3.8) is 0 Å². The van der Waals surface area contributed by atoms with Crippen LogP contribution in [0.1, 0.15) is 51.7 Å². The van der Waals surface area contributed by atoms with E-state index in [1.165, 1.54) is 55.6 Å². The number of nitrogens with zero attached hydrogens (tertiary/aromatic N) is 1. The SMILES string of the molecule is CC(C)=C1C=C(C2c3ccccc3-c3c2c2ccccc2n3C)C(C(C)(C)C)=C1. The highest BCUT2D eigenvalue weighted by Gasteiger charge is 2.39. The van der Waals surface area contributed by atoms with Gasteiger partial charge < -0.3 is 4.57 Å². The summed E-state index contributed by atoms with van der Waals surface area (Å²) in [5.41, 5.74) is 12.8. The van der Waals surface area contributed by atoms with E-state index in [0.29, 0.717) is 0 Å². The molecule has 146 valence electrons. The van der Waals surface area contributed by atoms with Gasteiger partial charge in [0.15, 0.2) is 0 Å². The second-order valence-electron chi connectivity index (χ2n) is 9.72. The largest absolute Gasteiger partial charge is 0.343 e. The van der Waals surface area contributed by atoms with Crippen LogP contribution in [0.3, 0.4) is 0 Å². The van der Waals surface area contributed by atoms with E-state index >= 15 is 0 Å². The van der Waals surface area contributed by atoms with Gasteiger partial charge in [0.1, 0.15) is 0 Å². The van der Waals surface area contributed by atoms with Gasteiger partial charge in [0, 0.05) is 29.4 Å². The summed E-state index contributed by atoms with van der Waals surface area (Å²) in [5, 5.41) is 1.38. The van der Waals surface area contributed by atoms with Gasteiger partial charge in [0.2, 0.25) is 0 Å². The maximum Gasteiger partial charge on any atom is 0.0534 e. The normalized spacial score (nSPS) is 18.0. The molecule has 0 spiro atoms. The van der Waals surface area contributed by atoms with Gasteiger partial charge in [-0.15, -0.1) is 0 Å². The topological polar surface area (TPSA) is 4.93 Å². The van der Waals surface area contributed by atoms with E-state index < -0.39 is 0 Å². The van der Waals surface area contributed by atoms with Gasteiger partial charge in [0.05, 0.1) is 5.69 Å². The Morgan fingerprint density at radius 2 is 1.59 bits per heavy atom. The highest BCUT2D eigenvalue weighted by atomic mass is 15.0. The zero-order chi connectivity index (χ0) is 20.5. The molecule has 1 heteroatoms. The van der Waals surface area contributed by atoms with Gasteiger partial charge in [-0.2, -0.15) is 0 Å². The van der Waals surface area contributed by atoms with Crippen LogP contribution >= 0.6 is 0 Å². The van der Waals surface area contributed by atoms with Gasteiger partial charge in [-0.3, -0.25) is 0 Å². The minimum absolute atomic E-state index is 0.102. The lowest BCUT2D eigenvalue weighted by Crippen LogP contribution is -2.14. The minimum atomic E-state index is 0.102. The molecule has 0 N–H and O–H groups in total. The number of fused-ring (bicyclic) bond motifs is 5. The number of allylic oxidation sites excluding steroid dienone is 6. The molecule has 0 fully saturated rings. The van der Waals surface area contributed by atoms with Crippen LogP contribution in [0.5, 0.6) is 0 Å². The number of aryl methyl sites for hydroxylation is 1. The molecule has 5 rings (SSSR count). The maximum atomic E-state index is 2.45. The molecule has 0 saturated carbocycles. The summed E-state index contributed by atoms with van der Waals surface area (Å²) in [6.07, 6.45) is 4.88. The summed E-state index contributed by atoms with van der Waals surface area (Å²) in [4.78, 5) is 0. The number of hydrogen-bond donors (Lipinski definition) is 0. The zero-order valence-corrected chi connectivity index (χ0v) is 18.3. The lowest BCUT2D eigenvalue weighted by atomic mass is 9.76. The van der Waals surface area contributed by atoms with E-state index in [1.54, 1.807) is 0 Å². The third-order valence-electron chi connectivity index (χ3n) is 6.58. The predicted octanol–water partition coefficient (Wildman–Crippen LogP) is 7.54. The molecule has 1 atom stereocenters. The van der Waals surface area contributed by atoms with Gasteiger partial charge in [-0.25, -0.2) is 0 Å². The molecular weight excluding hydrogens is 350 g/mol. The number of aromatic nitrogens is 1. The highest BCUT2D eigenvalue weighted by Crippen LogP contribution is 2.56. The first-order chi connectivity index (χ1) is 13.8. The highest BCUT2D eigenvalue weighted by molar-refractivity contribution is 5.98. The van der Waals surface area contributed by atoms with Crippen molar-refractivity contribution in [3.05, 3.63) is 94.1 Å². The number of benzene rings is 2. The average molecular weight is 380 g/mol. The Labute approximate surface area is 174 Å². The summed E-state index contributed by atoms with van der Waals surface area (Å²) >= 11 is 0. The first-order valence-electron chi connectivity index (χ1n) is 10.6. The number of hydrogen-bond acceptors (Lipinski definition) is 0. The molecule has 29 heavy (non-hydrogen) atoms. The van der Waals surface area contributed by atoms with Crippen LogP contribution in [0.2, 0.25) is 0 Å². The molecule has 1 heterocycles. The van der Waals surface area contributed by atoms with Crippen LogP contribution in [0.25, 0.3) is 22.2 Å². The smallest absolute Gasteiger partial charge is 0.0534 e. The zero-order valence-electron chi connectivity index (χ0n) is 18.3. The monoisotopic (exact) mass is 379 g/mol. The molecule has 2 aliphatic carbocycles. The molecule has 1 aromatic heterocycles. The van der Waals surface area contributed by atoms with Crippen LogP contribution in [-0.2, 0) is 7.05 Å². The molecule has 2 aliphatic rings. The average Bonchev–Trinajstić information content (AvgIpc) is 3.33.